The number of carbonyl (C=O) groups is 4. The van der Waals surface area contributed by atoms with Crippen LogP contribution in [-0.2, 0) is 42.9 Å². The minimum Gasteiger partial charge on any atom is -0.463 e. The number of nitriles is 2. The highest BCUT2D eigenvalue weighted by atomic mass is 32.2. The lowest BCUT2D eigenvalue weighted by molar-refractivity contribution is -0.384. The van der Waals surface area contributed by atoms with E-state index in [-0.39, 0.29) is 27.7 Å². The fourth-order valence-corrected chi connectivity index (χ4v) is 5.78. The number of allylic oxidation sites excluding steroid dienone is 2. The molecule has 2 aliphatic rings. The van der Waals surface area contributed by atoms with Gasteiger partial charge >= 0.3 is 23.9 Å². The zero-order valence-electron chi connectivity index (χ0n) is 23.8. The summed E-state index contributed by atoms with van der Waals surface area (Å²) in [6.45, 7) is 3.93. The highest BCUT2D eigenvalue weighted by Gasteiger charge is 2.53. The number of nitro groups is 1. The molecule has 16 nitrogen and oxygen atoms in total. The maximum absolute atomic E-state index is 12.2. The molecule has 1 saturated heterocycles. The number of nitro benzene ring substituents is 1. The summed E-state index contributed by atoms with van der Waals surface area (Å²) in [4.78, 5) is 58.5. The van der Waals surface area contributed by atoms with Gasteiger partial charge in [0.25, 0.3) is 5.69 Å². The quantitative estimate of drug-likeness (QED) is 0.170. The molecule has 0 spiro atoms. The molecular formula is C27H27N5O11S. The summed E-state index contributed by atoms with van der Waals surface area (Å²) in [7, 11) is 0. The number of esters is 4. The summed E-state index contributed by atoms with van der Waals surface area (Å²) in [6, 6.07) is 9.18. The van der Waals surface area contributed by atoms with Gasteiger partial charge in [0.2, 0.25) is 0 Å². The van der Waals surface area contributed by atoms with Crippen molar-refractivity contribution in [3.05, 3.63) is 61.9 Å². The molecule has 0 aliphatic carbocycles. The molecule has 2 aliphatic heterocycles. The molecule has 1 unspecified atom stereocenters. The van der Waals surface area contributed by atoms with Crippen molar-refractivity contribution < 1.29 is 47.8 Å². The van der Waals surface area contributed by atoms with Crippen LogP contribution in [0.4, 0.5) is 5.69 Å². The van der Waals surface area contributed by atoms with E-state index in [2.05, 4.69) is 5.32 Å². The molecule has 0 aromatic heterocycles. The van der Waals surface area contributed by atoms with Crippen molar-refractivity contribution >= 4 is 41.3 Å². The van der Waals surface area contributed by atoms with E-state index in [9.17, 15) is 39.8 Å². The molecule has 1 aromatic rings. The second-order valence-corrected chi connectivity index (χ2v) is 10.5. The highest BCUT2D eigenvalue weighted by Crippen LogP contribution is 2.43. The van der Waals surface area contributed by atoms with Gasteiger partial charge in [0, 0.05) is 39.8 Å². The Labute approximate surface area is 254 Å². The number of benzene rings is 1. The summed E-state index contributed by atoms with van der Waals surface area (Å²) in [5.41, 5.74) is 4.92. The summed E-state index contributed by atoms with van der Waals surface area (Å²) >= 11 is 0.779. The van der Waals surface area contributed by atoms with Gasteiger partial charge in [-0.2, -0.15) is 10.5 Å². The van der Waals surface area contributed by atoms with Crippen LogP contribution in [0.3, 0.4) is 0 Å². The van der Waals surface area contributed by atoms with Crippen molar-refractivity contribution in [2.24, 2.45) is 5.73 Å². The van der Waals surface area contributed by atoms with Crippen molar-refractivity contribution in [3.63, 3.8) is 0 Å². The van der Waals surface area contributed by atoms with Gasteiger partial charge in [0.05, 0.1) is 39.2 Å². The van der Waals surface area contributed by atoms with E-state index in [1.807, 2.05) is 12.1 Å². The average molecular weight is 630 g/mol. The lowest BCUT2D eigenvalue weighted by Gasteiger charge is -2.44. The van der Waals surface area contributed by atoms with E-state index >= 15 is 0 Å². The van der Waals surface area contributed by atoms with Crippen LogP contribution < -0.4 is 11.1 Å². The topological polar surface area (TPSA) is 243 Å². The first-order valence-electron chi connectivity index (χ1n) is 12.8. The van der Waals surface area contributed by atoms with Gasteiger partial charge in [-0.1, -0.05) is 23.9 Å². The molecule has 0 saturated carbocycles. The summed E-state index contributed by atoms with van der Waals surface area (Å²) in [5.74, 6) is -4.32. The number of hydrogen-bond acceptors (Lipinski definition) is 16. The first-order valence-corrected chi connectivity index (χ1v) is 13.7. The van der Waals surface area contributed by atoms with Crippen molar-refractivity contribution in [1.82, 2.24) is 5.32 Å². The van der Waals surface area contributed by atoms with Crippen LogP contribution in [-0.4, -0.2) is 65.3 Å². The number of carbonyl (C=O) groups excluding carboxylic acids is 4. The molecule has 0 bridgehead atoms. The third kappa shape index (κ3) is 7.82. The van der Waals surface area contributed by atoms with Gasteiger partial charge in [-0.3, -0.25) is 29.3 Å². The number of nitrogens with one attached hydrogen (secondary N) is 1. The molecule has 3 rings (SSSR count). The first-order chi connectivity index (χ1) is 20.8. The molecule has 44 heavy (non-hydrogen) atoms. The van der Waals surface area contributed by atoms with E-state index in [1.54, 1.807) is 0 Å². The smallest absolute Gasteiger partial charge is 0.303 e. The van der Waals surface area contributed by atoms with E-state index in [4.69, 9.17) is 29.4 Å². The third-order valence-electron chi connectivity index (χ3n) is 6.22. The van der Waals surface area contributed by atoms with Crippen LogP contribution in [0.2, 0.25) is 0 Å². The lowest BCUT2D eigenvalue weighted by Crippen LogP contribution is -2.61. The molecule has 17 heteroatoms. The zero-order chi connectivity index (χ0) is 32.7. The number of thioether (sulfide) groups is 1. The van der Waals surface area contributed by atoms with Gasteiger partial charge in [0.15, 0.2) is 23.7 Å². The number of ether oxygens (including phenoxy) is 5. The second kappa shape index (κ2) is 14.4. The Kier molecular flexibility index (Phi) is 10.9. The number of non-ortho nitro benzene ring substituents is 1. The first kappa shape index (κ1) is 33.4. The minimum atomic E-state index is -1.45. The summed E-state index contributed by atoms with van der Waals surface area (Å²) < 4.78 is 27.5. The molecule has 0 radical (unpaired) electrons. The SMILES string of the molecule is CC(=O)OC[C@H]1O[C@@H](SC2=C(C#N)C(c3ccc([N+](=O)[O-])cc3)C(C#N)=C(N)N2)[C@H](OC(C)=O)[C@@H](OC(C)=O)[C@@H]1OC(C)=O. The van der Waals surface area contributed by atoms with Crippen molar-refractivity contribution in [2.75, 3.05) is 6.61 Å². The largest absolute Gasteiger partial charge is 0.463 e. The monoisotopic (exact) mass is 629 g/mol. The molecule has 2 heterocycles. The average Bonchev–Trinajstić information content (AvgIpc) is 2.94. The molecule has 0 amide bonds. The van der Waals surface area contributed by atoms with Crippen LogP contribution in [0, 0.1) is 32.8 Å². The summed E-state index contributed by atoms with van der Waals surface area (Å²) in [6.07, 6.45) is -5.51. The van der Waals surface area contributed by atoms with Crippen LogP contribution in [0.5, 0.6) is 0 Å². The van der Waals surface area contributed by atoms with Crippen molar-refractivity contribution in [1.29, 1.82) is 10.5 Å². The van der Waals surface area contributed by atoms with Gasteiger partial charge in [-0.25, -0.2) is 0 Å². The molecular weight excluding hydrogens is 602 g/mol. The van der Waals surface area contributed by atoms with Crippen LogP contribution in [0.15, 0.2) is 46.3 Å². The Morgan fingerprint density at radius 1 is 0.932 bits per heavy atom. The predicted molar refractivity (Wildman–Crippen MR) is 148 cm³/mol. The van der Waals surface area contributed by atoms with Crippen molar-refractivity contribution in [2.45, 2.75) is 63.5 Å². The lowest BCUT2D eigenvalue weighted by atomic mass is 9.84. The Hall–Kier alpha value is -5.13. The molecule has 232 valence electrons. The second-order valence-electron chi connectivity index (χ2n) is 9.39. The number of dihydropyridines is 1. The van der Waals surface area contributed by atoms with Crippen LogP contribution >= 0.6 is 11.8 Å². The normalized spacial score (nSPS) is 24.6. The molecule has 6 atom stereocenters. The van der Waals surface area contributed by atoms with Gasteiger partial charge in [-0.15, -0.1) is 0 Å². The molecule has 1 fully saturated rings. The number of nitrogens with zero attached hydrogens (tertiary/aromatic N) is 3. The fraction of sp³-hybridized carbons (Fsp3) is 0.407. The Morgan fingerprint density at radius 2 is 1.48 bits per heavy atom. The number of rotatable bonds is 9. The highest BCUT2D eigenvalue weighted by molar-refractivity contribution is 8.03. The van der Waals surface area contributed by atoms with Gasteiger partial charge in [0.1, 0.15) is 18.5 Å². The standard InChI is InChI=1S/C27H27N5O11S/c1-12(33)39-11-20-22(40-13(2)34)23(41-14(3)35)24(42-15(4)36)27(43-20)44-26-19(10-29)21(18(9-28)25(30)31-26)16-5-7-17(8-6-16)32(37)38/h5-8,20-24,27,31H,11,30H2,1-4H3/t20-,21?,22-,23+,24-,27+/m1/s1. The third-order valence-corrected chi connectivity index (χ3v) is 7.39. The summed E-state index contributed by atoms with van der Waals surface area (Å²) in [5, 5.41) is 34.1. The molecule has 1 aromatic carbocycles. The van der Waals surface area contributed by atoms with Crippen molar-refractivity contribution in [3.8, 4) is 12.1 Å². The Morgan fingerprint density at radius 3 is 1.98 bits per heavy atom. The molecule has 3 N–H and O–H groups in total. The predicted octanol–water partition coefficient (Wildman–Crippen LogP) is 1.53. The van der Waals surface area contributed by atoms with Gasteiger partial charge < -0.3 is 34.7 Å². The van der Waals surface area contributed by atoms with E-state index in [0.717, 1.165) is 39.5 Å². The zero-order valence-corrected chi connectivity index (χ0v) is 24.6. The number of nitrogens with two attached hydrogens (primary N) is 1. The fourth-order valence-electron chi connectivity index (χ4n) is 4.54. The maximum atomic E-state index is 12.2. The maximum Gasteiger partial charge on any atom is 0.303 e. The number of hydrogen-bond donors (Lipinski definition) is 2. The van der Waals surface area contributed by atoms with Crippen LogP contribution in [0.1, 0.15) is 39.2 Å². The van der Waals surface area contributed by atoms with E-state index in [1.165, 1.54) is 24.3 Å². The van der Waals surface area contributed by atoms with Crippen LogP contribution in [0.25, 0.3) is 0 Å². The van der Waals surface area contributed by atoms with Gasteiger partial charge in [-0.05, 0) is 5.56 Å². The minimum absolute atomic E-state index is 0.0394. The Balaban J connectivity index is 2.14. The Bertz CT molecular complexity index is 1490. The van der Waals surface area contributed by atoms with E-state index < -0.39 is 71.2 Å². The van der Waals surface area contributed by atoms with E-state index in [0.29, 0.717) is 5.56 Å².